The van der Waals surface area contributed by atoms with E-state index in [1.807, 2.05) is 0 Å². The number of carbonyl (C=O) groups is 1. The number of carbonyl (C=O) groups excluding carboxylic acids is 1. The SMILES string of the molecule is CNC(=O)c1[nH]cnc1NN=Cc1ccc([N+](=O)[O-])cc1. The number of hydrazone groups is 1. The van der Waals surface area contributed by atoms with Crippen LogP contribution in [-0.4, -0.2) is 34.1 Å². The second-order valence-corrected chi connectivity index (χ2v) is 3.92. The molecule has 1 amide bonds. The van der Waals surface area contributed by atoms with Gasteiger partial charge in [0.15, 0.2) is 5.82 Å². The molecule has 9 heteroatoms. The van der Waals surface area contributed by atoms with E-state index in [-0.39, 0.29) is 23.1 Å². The van der Waals surface area contributed by atoms with Crippen molar-refractivity contribution in [1.29, 1.82) is 0 Å². The van der Waals surface area contributed by atoms with Gasteiger partial charge in [0.2, 0.25) is 0 Å². The van der Waals surface area contributed by atoms with Crippen LogP contribution in [-0.2, 0) is 0 Å². The Kier molecular flexibility index (Phi) is 4.24. The molecule has 0 fully saturated rings. The first-order valence-corrected chi connectivity index (χ1v) is 5.91. The molecular formula is C12H12N6O3. The second kappa shape index (κ2) is 6.28. The van der Waals surface area contributed by atoms with Crippen molar-refractivity contribution in [2.75, 3.05) is 12.5 Å². The van der Waals surface area contributed by atoms with Crippen LogP contribution in [0.5, 0.6) is 0 Å². The van der Waals surface area contributed by atoms with Crippen molar-refractivity contribution in [2.45, 2.75) is 0 Å². The number of nitrogens with one attached hydrogen (secondary N) is 3. The second-order valence-electron chi connectivity index (χ2n) is 3.92. The summed E-state index contributed by atoms with van der Waals surface area (Å²) in [5, 5.41) is 16.9. The van der Waals surface area contributed by atoms with Gasteiger partial charge in [0.1, 0.15) is 5.69 Å². The van der Waals surface area contributed by atoms with Gasteiger partial charge in [-0.05, 0) is 17.7 Å². The van der Waals surface area contributed by atoms with Gasteiger partial charge in [-0.15, -0.1) is 0 Å². The van der Waals surface area contributed by atoms with Crippen molar-refractivity contribution in [3.05, 3.63) is 52.0 Å². The number of benzene rings is 1. The van der Waals surface area contributed by atoms with Gasteiger partial charge < -0.3 is 10.3 Å². The number of hydrogen-bond donors (Lipinski definition) is 3. The third-order valence-corrected chi connectivity index (χ3v) is 2.58. The van der Waals surface area contributed by atoms with Crippen molar-refractivity contribution in [3.63, 3.8) is 0 Å². The number of non-ortho nitro benzene ring substituents is 1. The summed E-state index contributed by atoms with van der Waals surface area (Å²) >= 11 is 0. The number of H-pyrrole nitrogens is 1. The zero-order valence-electron chi connectivity index (χ0n) is 11.0. The summed E-state index contributed by atoms with van der Waals surface area (Å²) in [6.45, 7) is 0. The molecule has 0 aliphatic rings. The summed E-state index contributed by atoms with van der Waals surface area (Å²) in [5.41, 5.74) is 3.57. The molecule has 108 valence electrons. The lowest BCUT2D eigenvalue weighted by Crippen LogP contribution is -2.19. The number of nitro benzene ring substituents is 1. The average molecular weight is 288 g/mol. The van der Waals surface area contributed by atoms with Gasteiger partial charge in [0.05, 0.1) is 17.5 Å². The van der Waals surface area contributed by atoms with E-state index in [0.29, 0.717) is 5.56 Å². The van der Waals surface area contributed by atoms with Gasteiger partial charge in [-0.1, -0.05) is 0 Å². The Hall–Kier alpha value is -3.23. The molecule has 0 aliphatic heterocycles. The van der Waals surface area contributed by atoms with Gasteiger partial charge in [0.25, 0.3) is 11.6 Å². The fourth-order valence-corrected chi connectivity index (χ4v) is 1.53. The van der Waals surface area contributed by atoms with Crippen LogP contribution in [0.2, 0.25) is 0 Å². The Balaban J connectivity index is 2.04. The molecule has 0 atom stereocenters. The third-order valence-electron chi connectivity index (χ3n) is 2.58. The Bertz CT molecular complexity index is 677. The quantitative estimate of drug-likeness (QED) is 0.432. The summed E-state index contributed by atoms with van der Waals surface area (Å²) < 4.78 is 0. The van der Waals surface area contributed by atoms with E-state index in [1.165, 1.54) is 31.7 Å². The van der Waals surface area contributed by atoms with E-state index in [9.17, 15) is 14.9 Å². The van der Waals surface area contributed by atoms with E-state index in [0.717, 1.165) is 0 Å². The highest BCUT2D eigenvalue weighted by molar-refractivity contribution is 5.96. The number of rotatable bonds is 5. The first-order valence-electron chi connectivity index (χ1n) is 5.91. The number of nitro groups is 1. The Morgan fingerprint density at radius 3 is 2.76 bits per heavy atom. The minimum atomic E-state index is -0.474. The van der Waals surface area contributed by atoms with E-state index >= 15 is 0 Å². The lowest BCUT2D eigenvalue weighted by atomic mass is 10.2. The maximum Gasteiger partial charge on any atom is 0.271 e. The van der Waals surface area contributed by atoms with Gasteiger partial charge in [-0.3, -0.25) is 20.3 Å². The predicted octanol–water partition coefficient (Wildman–Crippen LogP) is 1.12. The molecule has 1 aromatic carbocycles. The largest absolute Gasteiger partial charge is 0.354 e. The fourth-order valence-electron chi connectivity index (χ4n) is 1.53. The zero-order chi connectivity index (χ0) is 15.2. The molecule has 3 N–H and O–H groups in total. The molecule has 0 unspecified atom stereocenters. The summed E-state index contributed by atoms with van der Waals surface area (Å²) in [5.74, 6) is -0.0342. The molecule has 0 spiro atoms. The smallest absolute Gasteiger partial charge is 0.271 e. The molecule has 0 aliphatic carbocycles. The molecule has 2 aromatic rings. The highest BCUT2D eigenvalue weighted by atomic mass is 16.6. The van der Waals surface area contributed by atoms with Crippen LogP contribution < -0.4 is 10.7 Å². The Labute approximate surface area is 119 Å². The number of nitrogens with zero attached hydrogens (tertiary/aromatic N) is 3. The molecule has 0 bridgehead atoms. The molecule has 0 radical (unpaired) electrons. The topological polar surface area (TPSA) is 125 Å². The average Bonchev–Trinajstić information content (AvgIpc) is 2.95. The Morgan fingerprint density at radius 2 is 2.14 bits per heavy atom. The summed E-state index contributed by atoms with van der Waals surface area (Å²) in [6.07, 6.45) is 2.83. The number of aromatic amines is 1. The summed E-state index contributed by atoms with van der Waals surface area (Å²) in [4.78, 5) is 28.2. The normalized spacial score (nSPS) is 10.5. The van der Waals surface area contributed by atoms with E-state index in [4.69, 9.17) is 0 Å². The van der Waals surface area contributed by atoms with Gasteiger partial charge in [-0.25, -0.2) is 4.98 Å². The van der Waals surface area contributed by atoms with Gasteiger partial charge in [-0.2, -0.15) is 5.10 Å². The molecule has 1 heterocycles. The molecule has 21 heavy (non-hydrogen) atoms. The van der Waals surface area contributed by atoms with Gasteiger partial charge >= 0.3 is 0 Å². The maximum atomic E-state index is 11.5. The fraction of sp³-hybridized carbons (Fsp3) is 0.0833. The van der Waals surface area contributed by atoms with Crippen LogP contribution in [0.1, 0.15) is 16.1 Å². The Morgan fingerprint density at radius 1 is 1.43 bits per heavy atom. The first-order chi connectivity index (χ1) is 10.1. The minimum absolute atomic E-state index is 0.00862. The van der Waals surface area contributed by atoms with Crippen molar-refractivity contribution in [2.24, 2.45) is 5.10 Å². The molecule has 2 rings (SSSR count). The highest BCUT2D eigenvalue weighted by Crippen LogP contribution is 2.11. The van der Waals surface area contributed by atoms with E-state index in [1.54, 1.807) is 12.1 Å². The van der Waals surface area contributed by atoms with Crippen LogP contribution >= 0.6 is 0 Å². The maximum absolute atomic E-state index is 11.5. The van der Waals surface area contributed by atoms with Crippen LogP contribution in [0.25, 0.3) is 0 Å². The molecule has 0 saturated heterocycles. The van der Waals surface area contributed by atoms with Crippen molar-refractivity contribution < 1.29 is 9.72 Å². The number of imidazole rings is 1. The van der Waals surface area contributed by atoms with Crippen LogP contribution in [0.15, 0.2) is 35.7 Å². The lowest BCUT2D eigenvalue weighted by Gasteiger charge is -2.00. The number of anilines is 1. The summed E-state index contributed by atoms with van der Waals surface area (Å²) in [6, 6.07) is 5.89. The van der Waals surface area contributed by atoms with Crippen LogP contribution in [0.3, 0.4) is 0 Å². The number of hydrogen-bond acceptors (Lipinski definition) is 6. The monoisotopic (exact) mass is 288 g/mol. The van der Waals surface area contributed by atoms with Gasteiger partial charge in [0, 0.05) is 19.2 Å². The molecular weight excluding hydrogens is 276 g/mol. The van der Waals surface area contributed by atoms with E-state index < -0.39 is 4.92 Å². The number of aromatic nitrogens is 2. The third kappa shape index (κ3) is 3.41. The molecule has 9 nitrogen and oxygen atoms in total. The van der Waals surface area contributed by atoms with E-state index in [2.05, 4.69) is 25.8 Å². The van der Waals surface area contributed by atoms with Crippen LogP contribution in [0, 0.1) is 10.1 Å². The van der Waals surface area contributed by atoms with Crippen molar-refractivity contribution in [1.82, 2.24) is 15.3 Å². The zero-order valence-corrected chi connectivity index (χ0v) is 11.0. The predicted molar refractivity (Wildman–Crippen MR) is 76.3 cm³/mol. The standard InChI is InChI=1S/C12H12N6O3/c1-13-12(19)10-11(15-7-14-10)17-16-6-8-2-4-9(5-3-8)18(20)21/h2-7,17H,1H3,(H,13,19)(H,14,15). The summed E-state index contributed by atoms with van der Waals surface area (Å²) in [7, 11) is 1.51. The van der Waals surface area contributed by atoms with Crippen molar-refractivity contribution in [3.8, 4) is 0 Å². The first kappa shape index (κ1) is 14.2. The van der Waals surface area contributed by atoms with Crippen molar-refractivity contribution >= 4 is 23.6 Å². The van der Waals surface area contributed by atoms with Crippen LogP contribution in [0.4, 0.5) is 11.5 Å². The molecule has 1 aromatic heterocycles. The highest BCUT2D eigenvalue weighted by Gasteiger charge is 2.11. The number of amides is 1. The lowest BCUT2D eigenvalue weighted by molar-refractivity contribution is -0.384. The molecule has 0 saturated carbocycles. The minimum Gasteiger partial charge on any atom is -0.354 e.